The molecule has 0 radical (unpaired) electrons. The summed E-state index contributed by atoms with van der Waals surface area (Å²) >= 11 is 0. The first-order chi connectivity index (χ1) is 10.2. The molecule has 0 saturated heterocycles. The molecule has 4 heteroatoms. The molecule has 0 aromatic rings. The fourth-order valence-electron chi connectivity index (χ4n) is 5.69. The first kappa shape index (κ1) is 17.7. The number of carbonyl (C=O) groups excluding carboxylic acids is 1. The largest absolute Gasteiger partial charge is 0.465 e. The third-order valence-corrected chi connectivity index (χ3v) is 7.33. The lowest BCUT2D eigenvalue weighted by Gasteiger charge is -2.56. The second-order valence-corrected chi connectivity index (χ2v) is 7.82. The van der Waals surface area contributed by atoms with Crippen LogP contribution in [0.5, 0.6) is 0 Å². The Kier molecular flexibility index (Phi) is 4.67. The quantitative estimate of drug-likeness (QED) is 0.767. The van der Waals surface area contributed by atoms with E-state index in [0.29, 0.717) is 12.5 Å². The third kappa shape index (κ3) is 1.99. The maximum Gasteiger partial charge on any atom is 0.324 e. The predicted molar refractivity (Wildman–Crippen MR) is 89.5 cm³/mol. The van der Waals surface area contributed by atoms with Crippen LogP contribution in [-0.4, -0.2) is 42.1 Å². The average Bonchev–Trinajstić information content (AvgIpc) is 2.80. The van der Waals surface area contributed by atoms with E-state index in [1.807, 2.05) is 6.92 Å². The predicted octanol–water partition coefficient (Wildman–Crippen LogP) is 2.80. The molecular formula is C18H34N2O2. The Morgan fingerprint density at radius 1 is 1.27 bits per heavy atom. The van der Waals surface area contributed by atoms with Crippen LogP contribution in [0.15, 0.2) is 0 Å². The van der Waals surface area contributed by atoms with E-state index in [2.05, 4.69) is 39.5 Å². The van der Waals surface area contributed by atoms with Crippen LogP contribution >= 0.6 is 0 Å². The number of carbonyl (C=O) groups is 1. The summed E-state index contributed by atoms with van der Waals surface area (Å²) in [5.41, 5.74) is 6.54. The van der Waals surface area contributed by atoms with E-state index in [4.69, 9.17) is 10.5 Å². The number of hydrogen-bond donors (Lipinski definition) is 1. The molecule has 0 amide bonds. The van der Waals surface area contributed by atoms with Gasteiger partial charge in [0, 0.05) is 0 Å². The van der Waals surface area contributed by atoms with Crippen LogP contribution < -0.4 is 5.73 Å². The molecular weight excluding hydrogens is 276 g/mol. The highest BCUT2D eigenvalue weighted by molar-refractivity contribution is 5.78. The monoisotopic (exact) mass is 310 g/mol. The number of rotatable bonds is 6. The summed E-state index contributed by atoms with van der Waals surface area (Å²) in [6, 6.07) is -0.568. The Bertz CT molecular complexity index is 433. The summed E-state index contributed by atoms with van der Waals surface area (Å²) in [4.78, 5) is 15.0. The summed E-state index contributed by atoms with van der Waals surface area (Å²) in [7, 11) is 0. The van der Waals surface area contributed by atoms with E-state index in [1.54, 1.807) is 0 Å². The lowest BCUT2D eigenvalue weighted by atomic mass is 9.59. The molecule has 2 saturated carbocycles. The maximum atomic E-state index is 12.5. The molecule has 0 unspecified atom stereocenters. The van der Waals surface area contributed by atoms with Crippen molar-refractivity contribution in [3.63, 3.8) is 0 Å². The van der Waals surface area contributed by atoms with Crippen molar-refractivity contribution in [1.29, 1.82) is 0 Å². The van der Waals surface area contributed by atoms with Gasteiger partial charge < -0.3 is 10.5 Å². The molecule has 22 heavy (non-hydrogen) atoms. The van der Waals surface area contributed by atoms with Crippen LogP contribution in [0.1, 0.15) is 60.8 Å². The van der Waals surface area contributed by atoms with Gasteiger partial charge in [0.25, 0.3) is 0 Å². The zero-order chi connectivity index (χ0) is 16.8. The molecule has 0 aromatic carbocycles. The van der Waals surface area contributed by atoms with Gasteiger partial charge >= 0.3 is 5.97 Å². The molecule has 2 aliphatic rings. The van der Waals surface area contributed by atoms with Gasteiger partial charge in [-0.3, -0.25) is 9.69 Å². The van der Waals surface area contributed by atoms with Crippen molar-refractivity contribution < 1.29 is 9.53 Å². The fourth-order valence-corrected chi connectivity index (χ4v) is 5.69. The average molecular weight is 310 g/mol. The molecule has 4 atom stereocenters. The van der Waals surface area contributed by atoms with Crippen molar-refractivity contribution in [1.82, 2.24) is 4.90 Å². The third-order valence-electron chi connectivity index (χ3n) is 7.33. The number of nitrogens with zero attached hydrogens (tertiary/aromatic N) is 1. The normalized spacial score (nSPS) is 37.5. The lowest BCUT2D eigenvalue weighted by Crippen LogP contribution is -2.70. The molecule has 2 bridgehead atoms. The van der Waals surface area contributed by atoms with Gasteiger partial charge in [0.2, 0.25) is 0 Å². The van der Waals surface area contributed by atoms with E-state index in [9.17, 15) is 4.79 Å². The summed E-state index contributed by atoms with van der Waals surface area (Å²) < 4.78 is 5.31. The van der Waals surface area contributed by atoms with E-state index < -0.39 is 6.04 Å². The second kappa shape index (κ2) is 5.79. The second-order valence-electron chi connectivity index (χ2n) is 7.82. The van der Waals surface area contributed by atoms with Crippen molar-refractivity contribution in [3.8, 4) is 0 Å². The van der Waals surface area contributed by atoms with Gasteiger partial charge in [-0.1, -0.05) is 34.6 Å². The molecule has 2 aliphatic carbocycles. The Balaban J connectivity index is 2.52. The number of ether oxygens (including phenoxy) is 1. The van der Waals surface area contributed by atoms with Crippen molar-refractivity contribution in [2.75, 3.05) is 19.7 Å². The molecule has 2 fully saturated rings. The fraction of sp³-hybridized carbons (Fsp3) is 0.944. The highest BCUT2D eigenvalue weighted by Crippen LogP contribution is 2.71. The van der Waals surface area contributed by atoms with Gasteiger partial charge in [-0.05, 0) is 56.0 Å². The van der Waals surface area contributed by atoms with Crippen LogP contribution in [0.2, 0.25) is 0 Å². The highest BCUT2D eigenvalue weighted by atomic mass is 16.5. The smallest absolute Gasteiger partial charge is 0.324 e. The molecule has 0 heterocycles. The summed E-state index contributed by atoms with van der Waals surface area (Å²) in [5, 5.41) is 0. The first-order valence-electron chi connectivity index (χ1n) is 8.90. The molecule has 2 rings (SSSR count). The topological polar surface area (TPSA) is 55.6 Å². The standard InChI is InChI=1S/C18H34N2O2/c1-7-20(8-2)18(14(19)15(21)22-9-3)12-13-10-11-17(18,6)16(13,4)5/h13-14H,7-12,19H2,1-6H3/t13-,14+,17+,18+/m0/s1. The SMILES string of the molecule is CCOC(=O)[C@@H](N)[C@]1(N(CC)CC)C[C@@H]2CC[C@]1(C)C2(C)C. The minimum atomic E-state index is -0.568. The van der Waals surface area contributed by atoms with Crippen LogP contribution in [0, 0.1) is 16.7 Å². The lowest BCUT2D eigenvalue weighted by molar-refractivity contribution is -0.155. The van der Waals surface area contributed by atoms with Gasteiger partial charge in [0.15, 0.2) is 0 Å². The zero-order valence-electron chi connectivity index (χ0n) is 15.2. The minimum absolute atomic E-state index is 0.0445. The van der Waals surface area contributed by atoms with Crippen LogP contribution in [0.4, 0.5) is 0 Å². The zero-order valence-corrected chi connectivity index (χ0v) is 15.2. The van der Waals surface area contributed by atoms with Crippen molar-refractivity contribution in [2.24, 2.45) is 22.5 Å². The summed E-state index contributed by atoms with van der Waals surface area (Å²) in [5.74, 6) is 0.401. The number of esters is 1. The maximum absolute atomic E-state index is 12.5. The number of likely N-dealkylation sites (N-methyl/N-ethyl adjacent to an activating group) is 1. The number of hydrogen-bond acceptors (Lipinski definition) is 4. The Morgan fingerprint density at radius 2 is 1.86 bits per heavy atom. The molecule has 0 aromatic heterocycles. The molecule has 4 nitrogen and oxygen atoms in total. The van der Waals surface area contributed by atoms with Gasteiger partial charge in [0.05, 0.1) is 12.1 Å². The van der Waals surface area contributed by atoms with Gasteiger partial charge in [-0.25, -0.2) is 0 Å². The van der Waals surface area contributed by atoms with Gasteiger partial charge in [-0.2, -0.15) is 0 Å². The molecule has 128 valence electrons. The minimum Gasteiger partial charge on any atom is -0.465 e. The molecule has 0 spiro atoms. The number of fused-ring (bicyclic) bond motifs is 2. The Morgan fingerprint density at radius 3 is 2.23 bits per heavy atom. The van der Waals surface area contributed by atoms with E-state index in [0.717, 1.165) is 25.9 Å². The highest BCUT2D eigenvalue weighted by Gasteiger charge is 2.72. The van der Waals surface area contributed by atoms with Gasteiger partial charge in [-0.15, -0.1) is 0 Å². The van der Waals surface area contributed by atoms with Crippen LogP contribution in [0.25, 0.3) is 0 Å². The van der Waals surface area contributed by atoms with E-state index >= 15 is 0 Å². The summed E-state index contributed by atoms with van der Waals surface area (Å²) in [6.07, 6.45) is 3.41. The Hall–Kier alpha value is -0.610. The van der Waals surface area contributed by atoms with Crippen molar-refractivity contribution in [3.05, 3.63) is 0 Å². The first-order valence-corrected chi connectivity index (χ1v) is 8.90. The van der Waals surface area contributed by atoms with Crippen molar-refractivity contribution in [2.45, 2.75) is 72.4 Å². The summed E-state index contributed by atoms with van der Waals surface area (Å²) in [6.45, 7) is 15.5. The van der Waals surface area contributed by atoms with Gasteiger partial charge in [0.1, 0.15) is 6.04 Å². The van der Waals surface area contributed by atoms with E-state index in [1.165, 1.54) is 6.42 Å². The van der Waals surface area contributed by atoms with E-state index in [-0.39, 0.29) is 22.3 Å². The van der Waals surface area contributed by atoms with Crippen LogP contribution in [-0.2, 0) is 9.53 Å². The van der Waals surface area contributed by atoms with Crippen molar-refractivity contribution >= 4 is 5.97 Å². The molecule has 0 aliphatic heterocycles. The molecule has 2 N–H and O–H groups in total. The van der Waals surface area contributed by atoms with Crippen LogP contribution in [0.3, 0.4) is 0 Å². The Labute approximate surface area is 135 Å². The number of nitrogens with two attached hydrogens (primary N) is 1.